The van der Waals surface area contributed by atoms with E-state index < -0.39 is 88.0 Å². The molecule has 4 heterocycles. The minimum absolute atomic E-state index is 0.0793. The fourth-order valence-corrected chi connectivity index (χ4v) is 12.2. The number of nitrogens with zero attached hydrogens (tertiary/aromatic N) is 6. The summed E-state index contributed by atoms with van der Waals surface area (Å²) in [6, 6.07) is 10.2. The van der Waals surface area contributed by atoms with Crippen LogP contribution in [0.1, 0.15) is 0 Å². The van der Waals surface area contributed by atoms with Crippen molar-refractivity contribution in [3.8, 4) is 34.0 Å². The number of anilines is 2. The number of aromatic nitrogens is 2. The molecule has 2 fully saturated rings. The maximum absolute atomic E-state index is 14.1. The number of piperazine rings is 2. The molecule has 0 amide bonds. The predicted molar refractivity (Wildman–Crippen MR) is 233 cm³/mol. The van der Waals surface area contributed by atoms with Crippen LogP contribution in [0, 0.1) is 58.2 Å². The minimum Gasteiger partial charge on any atom is -0.497 e. The average molecular weight is 1080 g/mol. The average Bonchev–Trinajstić information content (AvgIpc) is 4.03. The van der Waals surface area contributed by atoms with E-state index in [4.69, 9.17) is 32.7 Å². The van der Waals surface area contributed by atoms with Gasteiger partial charge in [-0.3, -0.25) is 0 Å². The van der Waals surface area contributed by atoms with Gasteiger partial charge in [0.1, 0.15) is 11.5 Å². The van der Waals surface area contributed by atoms with Crippen molar-refractivity contribution in [1.82, 2.24) is 18.6 Å². The Bertz CT molecular complexity index is 3080. The summed E-state index contributed by atoms with van der Waals surface area (Å²) >= 11 is 14.7. The molecule has 6 aromatic rings. The van der Waals surface area contributed by atoms with Crippen LogP contribution in [0.2, 0.25) is 10.0 Å². The van der Waals surface area contributed by atoms with Gasteiger partial charge in [-0.1, -0.05) is 23.2 Å². The first kappa shape index (κ1) is 50.9. The van der Waals surface area contributed by atoms with Gasteiger partial charge in [0.05, 0.1) is 30.6 Å². The normalized spacial score (nSPS) is 15.1. The summed E-state index contributed by atoms with van der Waals surface area (Å²) in [6.45, 7) is -0.670. The Kier molecular flexibility index (Phi) is 15.1. The Morgan fingerprint density at radius 1 is 0.515 bits per heavy atom. The first-order valence-electron chi connectivity index (χ1n) is 19.2. The van der Waals surface area contributed by atoms with Crippen LogP contribution in [0.15, 0.2) is 56.9 Å². The molecule has 0 unspecified atom stereocenters. The molecule has 2 aromatic heterocycles. The van der Waals surface area contributed by atoms with Crippen LogP contribution >= 0.6 is 45.9 Å². The molecule has 28 heteroatoms. The SMILES string of the molecule is COc1ccc(-c2csc(N3CCN(S(=O)(=O)c4c(F)c(F)c(F)c(F)c4F)CC3)n2)c(OC)c1.O=S(=O)(c1c(F)c(F)c(F)c(F)c1F)N1CCN(c2nc(-c3ccc(Cl)cc3Cl)cs2)CC1. The van der Waals surface area contributed by atoms with Gasteiger partial charge in [0.2, 0.25) is 31.7 Å². The van der Waals surface area contributed by atoms with Gasteiger partial charge in [-0.25, -0.2) is 70.7 Å². The number of sulfonamides is 2. The van der Waals surface area contributed by atoms with E-state index in [1.807, 2.05) is 0 Å². The van der Waals surface area contributed by atoms with Crippen LogP contribution in [-0.2, 0) is 20.0 Å². The highest BCUT2D eigenvalue weighted by molar-refractivity contribution is 7.89. The number of ether oxygens (including phenoxy) is 2. The van der Waals surface area contributed by atoms with E-state index in [-0.39, 0.29) is 52.4 Å². The lowest BCUT2D eigenvalue weighted by molar-refractivity contribution is 0.344. The third-order valence-electron chi connectivity index (χ3n) is 10.4. The molecule has 2 aliphatic heterocycles. The van der Waals surface area contributed by atoms with Crippen molar-refractivity contribution in [3.63, 3.8) is 0 Å². The van der Waals surface area contributed by atoms with Gasteiger partial charge >= 0.3 is 0 Å². The summed E-state index contributed by atoms with van der Waals surface area (Å²) in [5.41, 5.74) is 2.55. The van der Waals surface area contributed by atoms with Gasteiger partial charge < -0.3 is 19.3 Å². The van der Waals surface area contributed by atoms with Crippen LogP contribution in [0.3, 0.4) is 0 Å². The Balaban J connectivity index is 0.000000202. The zero-order chi connectivity index (χ0) is 49.6. The molecular formula is C40H30Cl2F10N6O6S4. The number of benzene rings is 4. The molecule has 8 rings (SSSR count). The molecule has 2 saturated heterocycles. The maximum Gasteiger partial charge on any atom is 0.249 e. The van der Waals surface area contributed by atoms with Crippen molar-refractivity contribution < 1.29 is 70.2 Å². The van der Waals surface area contributed by atoms with Crippen LogP contribution in [0.25, 0.3) is 22.5 Å². The van der Waals surface area contributed by atoms with Crippen molar-refractivity contribution >= 4 is 76.2 Å². The van der Waals surface area contributed by atoms with Gasteiger partial charge in [-0.05, 0) is 30.3 Å². The highest BCUT2D eigenvalue weighted by Gasteiger charge is 2.40. The molecule has 4 aromatic carbocycles. The highest BCUT2D eigenvalue weighted by atomic mass is 35.5. The number of halogens is 12. The van der Waals surface area contributed by atoms with E-state index in [1.165, 1.54) is 36.9 Å². The van der Waals surface area contributed by atoms with Crippen molar-refractivity contribution in [3.05, 3.63) is 115 Å². The Morgan fingerprint density at radius 3 is 1.28 bits per heavy atom. The maximum atomic E-state index is 14.1. The Morgan fingerprint density at radius 2 is 0.897 bits per heavy atom. The van der Waals surface area contributed by atoms with Crippen molar-refractivity contribution in [1.29, 1.82) is 0 Å². The number of hydrogen-bond donors (Lipinski definition) is 0. The van der Waals surface area contributed by atoms with Crippen LogP contribution in [-0.4, -0.2) is 102 Å². The topological polar surface area (TPSA) is 125 Å². The number of methoxy groups -OCH3 is 2. The Hall–Kier alpha value is -4.96. The molecule has 0 bridgehead atoms. The third kappa shape index (κ3) is 9.65. The van der Waals surface area contributed by atoms with Crippen LogP contribution in [0.5, 0.6) is 11.5 Å². The van der Waals surface area contributed by atoms with E-state index >= 15 is 0 Å². The fourth-order valence-electron chi connectivity index (χ4n) is 6.89. The van der Waals surface area contributed by atoms with Gasteiger partial charge in [0.25, 0.3) is 0 Å². The lowest BCUT2D eigenvalue weighted by Crippen LogP contribution is -2.49. The third-order valence-corrected chi connectivity index (χ3v) is 16.6. The second-order valence-corrected chi connectivity index (χ2v) is 20.6. The van der Waals surface area contributed by atoms with E-state index in [0.717, 1.165) is 0 Å². The monoisotopic (exact) mass is 1080 g/mol. The molecule has 0 spiro atoms. The molecule has 12 nitrogen and oxygen atoms in total. The predicted octanol–water partition coefficient (Wildman–Crippen LogP) is 9.36. The van der Waals surface area contributed by atoms with Crippen LogP contribution in [0.4, 0.5) is 54.2 Å². The number of thiazole rings is 2. The molecule has 68 heavy (non-hydrogen) atoms. The fraction of sp³-hybridized carbons (Fsp3) is 0.250. The Labute approximate surface area is 398 Å². The molecule has 0 N–H and O–H groups in total. The molecule has 2 aliphatic rings. The lowest BCUT2D eigenvalue weighted by Gasteiger charge is -2.33. The van der Waals surface area contributed by atoms with Crippen LogP contribution < -0.4 is 19.3 Å². The summed E-state index contributed by atoms with van der Waals surface area (Å²) in [5.74, 6) is -22.5. The van der Waals surface area contributed by atoms with Crippen molar-refractivity contribution in [2.45, 2.75) is 9.79 Å². The van der Waals surface area contributed by atoms with E-state index in [2.05, 4.69) is 9.97 Å². The zero-order valence-corrected chi connectivity index (χ0v) is 39.4. The van der Waals surface area contributed by atoms with E-state index in [0.29, 0.717) is 62.9 Å². The summed E-state index contributed by atoms with van der Waals surface area (Å²) in [6.07, 6.45) is 0. The molecular weight excluding hydrogens is 1050 g/mol. The van der Waals surface area contributed by atoms with Gasteiger partial charge in [-0.15, -0.1) is 22.7 Å². The van der Waals surface area contributed by atoms with Gasteiger partial charge in [0.15, 0.2) is 66.6 Å². The molecule has 0 radical (unpaired) electrons. The van der Waals surface area contributed by atoms with Crippen molar-refractivity contribution in [2.75, 3.05) is 76.4 Å². The van der Waals surface area contributed by atoms with Crippen molar-refractivity contribution in [2.24, 2.45) is 0 Å². The quantitative estimate of drug-likeness (QED) is 0.0745. The first-order chi connectivity index (χ1) is 32.1. The number of rotatable bonds is 10. The standard InChI is InChI=1S/C21H18F5N3O4S2.C19H12Cl2F5N3O2S2/c1-32-11-3-4-12(14(9-11)33-2)13-10-34-21(27-13)28-5-7-29(8-6-28)35(30,31)20-18(25)16(23)15(22)17(24)19(20)26;20-9-1-2-10(11(21)7-9)12-8-32-19(27-12)28-3-5-29(6-4-28)33(30,31)18-16(25)14(23)13(22)15(24)17(18)26/h3-4,9-10H,5-8H2,1-2H3;1-2,7-8H,3-6H2. The largest absolute Gasteiger partial charge is 0.497 e. The molecule has 0 atom stereocenters. The smallest absolute Gasteiger partial charge is 0.249 e. The summed E-state index contributed by atoms with van der Waals surface area (Å²) in [4.78, 5) is 8.84. The summed E-state index contributed by atoms with van der Waals surface area (Å²) in [7, 11) is -6.92. The second kappa shape index (κ2) is 20.2. The molecule has 0 aliphatic carbocycles. The molecule has 364 valence electrons. The lowest BCUT2D eigenvalue weighted by atomic mass is 10.1. The van der Waals surface area contributed by atoms with E-state index in [1.54, 1.807) is 57.0 Å². The van der Waals surface area contributed by atoms with Gasteiger partial charge in [0, 0.05) is 85.3 Å². The van der Waals surface area contributed by atoms with E-state index in [9.17, 15) is 60.7 Å². The molecule has 0 saturated carbocycles. The summed E-state index contributed by atoms with van der Waals surface area (Å²) < 4.78 is 200. The summed E-state index contributed by atoms with van der Waals surface area (Å²) in [5, 5.41) is 5.51. The minimum atomic E-state index is -4.98. The van der Waals surface area contributed by atoms with Gasteiger partial charge in [-0.2, -0.15) is 8.61 Å². The zero-order valence-electron chi connectivity index (χ0n) is 34.6. The number of hydrogen-bond acceptors (Lipinski definition) is 12. The second-order valence-electron chi connectivity index (χ2n) is 14.3. The first-order valence-corrected chi connectivity index (χ1v) is 24.6. The highest BCUT2D eigenvalue weighted by Crippen LogP contribution is 2.38.